The number of benzene rings is 1. The molecular weight excluding hydrogens is 226 g/mol. The molecule has 2 aromatic heterocycles. The first kappa shape index (κ1) is 9.35. The van der Waals surface area contributed by atoms with Crippen molar-refractivity contribution in [3.8, 4) is 17.1 Å². The minimum Gasteiger partial charge on any atom is -0.338 e. The molecule has 3 aromatic rings. The van der Waals surface area contributed by atoms with Gasteiger partial charge in [-0.2, -0.15) is 0 Å². The second-order valence-corrected chi connectivity index (χ2v) is 4.05. The topological polar surface area (TPSA) is 55.6 Å². The summed E-state index contributed by atoms with van der Waals surface area (Å²) in [6, 6.07) is 8.05. The fraction of sp³-hybridized carbons (Fsp3) is 0. The maximum absolute atomic E-state index is 4.42. The second-order valence-electron chi connectivity index (χ2n) is 4.05. The van der Waals surface area contributed by atoms with Crippen molar-refractivity contribution in [3.63, 3.8) is 0 Å². The van der Waals surface area contributed by atoms with Gasteiger partial charge in [0.2, 0.25) is 0 Å². The average molecular weight is 235 g/mol. The van der Waals surface area contributed by atoms with Crippen LogP contribution < -0.4 is 5.32 Å². The highest BCUT2D eigenvalue weighted by molar-refractivity contribution is 5.82. The molecule has 1 aliphatic heterocycles. The third-order valence-corrected chi connectivity index (χ3v) is 3.01. The predicted molar refractivity (Wildman–Crippen MR) is 67.9 cm³/mol. The molecule has 5 heteroatoms. The van der Waals surface area contributed by atoms with Crippen LogP contribution in [-0.2, 0) is 0 Å². The second kappa shape index (κ2) is 3.40. The highest BCUT2D eigenvalue weighted by atomic mass is 15.2. The van der Waals surface area contributed by atoms with Crippen molar-refractivity contribution in [2.24, 2.45) is 0 Å². The van der Waals surface area contributed by atoms with Crippen molar-refractivity contribution >= 4 is 11.5 Å². The van der Waals surface area contributed by atoms with E-state index in [1.807, 2.05) is 35.0 Å². The van der Waals surface area contributed by atoms with Crippen LogP contribution in [0.2, 0.25) is 0 Å². The standard InChI is InChI=1S/C13H9N5/c1-2-4-10-9(3-1)13-15-5-6-18(13)11-7-14-8-16-12(11)17-10/h1-8H,(H,14,16,17). The Morgan fingerprint density at radius 3 is 3.06 bits per heavy atom. The molecule has 0 radical (unpaired) electrons. The lowest BCUT2D eigenvalue weighted by Gasteiger charge is -2.06. The highest BCUT2D eigenvalue weighted by Gasteiger charge is 2.19. The van der Waals surface area contributed by atoms with Crippen LogP contribution in [0.5, 0.6) is 0 Å². The SMILES string of the molecule is c1ccc2c(c1)Nc1ncncc1-n1ccnc1-2. The molecule has 0 aliphatic carbocycles. The summed E-state index contributed by atoms with van der Waals surface area (Å²) in [7, 11) is 0. The van der Waals surface area contributed by atoms with Gasteiger partial charge in [0.25, 0.3) is 0 Å². The van der Waals surface area contributed by atoms with Crippen LogP contribution >= 0.6 is 0 Å². The van der Waals surface area contributed by atoms with Crippen molar-refractivity contribution in [1.29, 1.82) is 0 Å². The molecule has 0 saturated heterocycles. The van der Waals surface area contributed by atoms with Crippen LogP contribution in [-0.4, -0.2) is 19.5 Å². The number of imidazole rings is 1. The summed E-state index contributed by atoms with van der Waals surface area (Å²) in [6.45, 7) is 0. The van der Waals surface area contributed by atoms with E-state index < -0.39 is 0 Å². The maximum Gasteiger partial charge on any atom is 0.158 e. The number of nitrogens with zero attached hydrogens (tertiary/aromatic N) is 4. The molecule has 0 unspecified atom stereocenters. The van der Waals surface area contributed by atoms with E-state index in [-0.39, 0.29) is 0 Å². The summed E-state index contributed by atoms with van der Waals surface area (Å²) < 4.78 is 1.99. The summed E-state index contributed by atoms with van der Waals surface area (Å²) >= 11 is 0. The van der Waals surface area contributed by atoms with Crippen LogP contribution in [0.1, 0.15) is 0 Å². The summed E-state index contributed by atoms with van der Waals surface area (Å²) in [4.78, 5) is 12.8. The Balaban J connectivity index is 2.12. The molecule has 0 fully saturated rings. The Bertz CT molecular complexity index is 672. The van der Waals surface area contributed by atoms with Gasteiger partial charge in [0.05, 0.1) is 11.9 Å². The summed E-state index contributed by atoms with van der Waals surface area (Å²) in [5.74, 6) is 1.68. The van der Waals surface area contributed by atoms with Crippen molar-refractivity contribution < 1.29 is 0 Å². The number of hydrogen-bond acceptors (Lipinski definition) is 4. The van der Waals surface area contributed by atoms with E-state index in [1.165, 1.54) is 6.33 Å². The Kier molecular flexibility index (Phi) is 1.77. The van der Waals surface area contributed by atoms with E-state index in [0.717, 1.165) is 28.6 Å². The van der Waals surface area contributed by atoms with Crippen molar-refractivity contribution in [1.82, 2.24) is 19.5 Å². The zero-order valence-corrected chi connectivity index (χ0v) is 9.41. The highest BCUT2D eigenvalue weighted by Crippen LogP contribution is 2.35. The fourth-order valence-corrected chi connectivity index (χ4v) is 2.21. The van der Waals surface area contributed by atoms with E-state index in [4.69, 9.17) is 0 Å². The van der Waals surface area contributed by atoms with E-state index in [9.17, 15) is 0 Å². The number of hydrogen-bond donors (Lipinski definition) is 1. The van der Waals surface area contributed by atoms with Gasteiger partial charge in [-0.05, 0) is 12.1 Å². The van der Waals surface area contributed by atoms with Crippen LogP contribution in [0.15, 0.2) is 49.2 Å². The van der Waals surface area contributed by atoms with Crippen molar-refractivity contribution in [3.05, 3.63) is 49.2 Å². The molecule has 1 aliphatic rings. The van der Waals surface area contributed by atoms with Crippen LogP contribution in [0.4, 0.5) is 11.5 Å². The smallest absolute Gasteiger partial charge is 0.158 e. The molecule has 5 nitrogen and oxygen atoms in total. The molecule has 0 bridgehead atoms. The maximum atomic E-state index is 4.42. The van der Waals surface area contributed by atoms with Gasteiger partial charge in [0.15, 0.2) is 5.82 Å². The Labute approximate surface area is 103 Å². The molecule has 3 heterocycles. The van der Waals surface area contributed by atoms with Crippen molar-refractivity contribution in [2.45, 2.75) is 0 Å². The molecule has 0 spiro atoms. The summed E-state index contributed by atoms with van der Waals surface area (Å²) in [5, 5.41) is 3.32. The van der Waals surface area contributed by atoms with Gasteiger partial charge < -0.3 is 5.32 Å². The molecule has 18 heavy (non-hydrogen) atoms. The Morgan fingerprint density at radius 2 is 2.06 bits per heavy atom. The molecule has 4 rings (SSSR count). The molecule has 0 amide bonds. The number of rotatable bonds is 0. The summed E-state index contributed by atoms with van der Waals surface area (Å²) in [6.07, 6.45) is 7.03. The average Bonchev–Trinajstić information content (AvgIpc) is 2.84. The largest absolute Gasteiger partial charge is 0.338 e. The fourth-order valence-electron chi connectivity index (χ4n) is 2.21. The van der Waals surface area contributed by atoms with E-state index in [1.54, 1.807) is 12.4 Å². The first-order valence-electron chi connectivity index (χ1n) is 5.63. The number of aromatic nitrogens is 4. The quantitative estimate of drug-likeness (QED) is 0.508. The normalized spacial score (nSPS) is 11.8. The van der Waals surface area contributed by atoms with Gasteiger partial charge in [-0.3, -0.25) is 4.57 Å². The molecule has 0 saturated carbocycles. The molecule has 86 valence electrons. The molecular formula is C13H9N5. The van der Waals surface area contributed by atoms with Gasteiger partial charge in [-0.15, -0.1) is 0 Å². The van der Waals surface area contributed by atoms with Crippen LogP contribution in [0.25, 0.3) is 17.1 Å². The lowest BCUT2D eigenvalue weighted by Crippen LogP contribution is -1.99. The number of nitrogens with one attached hydrogen (secondary N) is 1. The van der Waals surface area contributed by atoms with Gasteiger partial charge in [0, 0.05) is 18.0 Å². The number of fused-ring (bicyclic) bond motifs is 5. The minimum atomic E-state index is 0.786. The lowest BCUT2D eigenvalue weighted by molar-refractivity contribution is 1.03. The zero-order valence-electron chi connectivity index (χ0n) is 9.41. The third kappa shape index (κ3) is 1.18. The van der Waals surface area contributed by atoms with Crippen LogP contribution in [0.3, 0.4) is 0 Å². The van der Waals surface area contributed by atoms with E-state index in [2.05, 4.69) is 20.3 Å². The van der Waals surface area contributed by atoms with Gasteiger partial charge in [0.1, 0.15) is 17.8 Å². The number of anilines is 2. The molecule has 0 atom stereocenters. The van der Waals surface area contributed by atoms with Crippen LogP contribution in [0, 0.1) is 0 Å². The monoisotopic (exact) mass is 235 g/mol. The Hall–Kier alpha value is -2.69. The summed E-state index contributed by atoms with van der Waals surface area (Å²) in [5.41, 5.74) is 2.96. The third-order valence-electron chi connectivity index (χ3n) is 3.01. The number of para-hydroxylation sites is 1. The first-order valence-corrected chi connectivity index (χ1v) is 5.63. The van der Waals surface area contributed by atoms with Gasteiger partial charge in [-0.1, -0.05) is 12.1 Å². The van der Waals surface area contributed by atoms with E-state index >= 15 is 0 Å². The lowest BCUT2D eigenvalue weighted by atomic mass is 10.1. The minimum absolute atomic E-state index is 0.786. The van der Waals surface area contributed by atoms with E-state index in [0.29, 0.717) is 0 Å². The van der Waals surface area contributed by atoms with Crippen molar-refractivity contribution in [2.75, 3.05) is 5.32 Å². The molecule has 1 aromatic carbocycles. The zero-order chi connectivity index (χ0) is 11.9. The van der Waals surface area contributed by atoms with Gasteiger partial charge >= 0.3 is 0 Å². The molecule has 1 N–H and O–H groups in total. The predicted octanol–water partition coefficient (Wildman–Crippen LogP) is 2.39. The first-order chi connectivity index (χ1) is 8.93. The Morgan fingerprint density at radius 1 is 1.11 bits per heavy atom. The van der Waals surface area contributed by atoms with Gasteiger partial charge in [-0.25, -0.2) is 15.0 Å².